The zero-order valence-electron chi connectivity index (χ0n) is 13.1. The van der Waals surface area contributed by atoms with Crippen LogP contribution in [0, 0.1) is 18.3 Å². The smallest absolute Gasteiger partial charge is 0.185 e. The molecular weight excluding hydrogens is 312 g/mol. The lowest BCUT2D eigenvalue weighted by Crippen LogP contribution is -1.99. The van der Waals surface area contributed by atoms with Crippen LogP contribution in [0.3, 0.4) is 0 Å². The second-order valence-electron chi connectivity index (χ2n) is 5.24. The number of hydrogen-bond acceptors (Lipinski definition) is 4. The van der Waals surface area contributed by atoms with Crippen LogP contribution in [0.25, 0.3) is 6.08 Å². The molecule has 2 aromatic rings. The van der Waals surface area contributed by atoms with Crippen LogP contribution in [0.4, 0.5) is 0 Å². The summed E-state index contributed by atoms with van der Waals surface area (Å²) in [6.45, 7) is 1.87. The third kappa shape index (κ3) is 3.58. The minimum atomic E-state index is -3.27. The van der Waals surface area contributed by atoms with Crippen LogP contribution in [0.15, 0.2) is 41.3 Å². The Bertz CT molecular complexity index is 927. The Morgan fingerprint density at radius 3 is 2.35 bits per heavy atom. The lowest BCUT2D eigenvalue weighted by molar-refractivity contribution is 0.104. The van der Waals surface area contributed by atoms with E-state index in [4.69, 9.17) is 5.26 Å². The second kappa shape index (κ2) is 6.23. The maximum atomic E-state index is 12.1. The van der Waals surface area contributed by atoms with Gasteiger partial charge in [0.2, 0.25) is 0 Å². The van der Waals surface area contributed by atoms with Crippen molar-refractivity contribution in [2.24, 2.45) is 7.05 Å². The molecule has 23 heavy (non-hydrogen) atoms. The van der Waals surface area contributed by atoms with Crippen molar-refractivity contribution in [3.8, 4) is 6.07 Å². The number of allylic oxidation sites excluding steroid dienone is 1. The number of carbonyl (C=O) groups excluding carboxylic acids is 1. The van der Waals surface area contributed by atoms with E-state index in [0.29, 0.717) is 11.3 Å². The molecule has 0 fully saturated rings. The Hall–Kier alpha value is -2.65. The van der Waals surface area contributed by atoms with Crippen molar-refractivity contribution >= 4 is 21.7 Å². The average Bonchev–Trinajstić information content (AvgIpc) is 2.79. The van der Waals surface area contributed by atoms with Crippen LogP contribution in [-0.4, -0.2) is 25.0 Å². The van der Waals surface area contributed by atoms with Gasteiger partial charge in [-0.25, -0.2) is 8.42 Å². The molecule has 0 radical (unpaired) electrons. The van der Waals surface area contributed by atoms with Gasteiger partial charge in [-0.3, -0.25) is 4.79 Å². The van der Waals surface area contributed by atoms with Gasteiger partial charge in [-0.05, 0) is 55.0 Å². The Labute approximate surface area is 135 Å². The molecule has 0 unspecified atom stereocenters. The normalized spacial score (nSPS) is 11.6. The Morgan fingerprint density at radius 1 is 1.26 bits per heavy atom. The molecule has 0 aliphatic rings. The zero-order chi connectivity index (χ0) is 17.2. The summed E-state index contributed by atoms with van der Waals surface area (Å²) < 4.78 is 24.5. The number of nitrogens with zero attached hydrogens (tertiary/aromatic N) is 2. The molecule has 0 atom stereocenters. The van der Waals surface area contributed by atoms with E-state index in [1.54, 1.807) is 23.8 Å². The lowest BCUT2D eigenvalue weighted by atomic mass is 10.1. The van der Waals surface area contributed by atoms with Crippen molar-refractivity contribution < 1.29 is 13.2 Å². The maximum Gasteiger partial charge on any atom is 0.185 e. The van der Waals surface area contributed by atoms with E-state index >= 15 is 0 Å². The number of benzene rings is 1. The minimum absolute atomic E-state index is 0.176. The Morgan fingerprint density at radius 2 is 1.87 bits per heavy atom. The highest BCUT2D eigenvalue weighted by molar-refractivity contribution is 7.90. The van der Waals surface area contributed by atoms with Gasteiger partial charge in [0.15, 0.2) is 15.6 Å². The number of nitriles is 1. The van der Waals surface area contributed by atoms with Gasteiger partial charge >= 0.3 is 0 Å². The van der Waals surface area contributed by atoms with Crippen molar-refractivity contribution in [3.63, 3.8) is 0 Å². The van der Waals surface area contributed by atoms with E-state index in [1.807, 2.05) is 6.92 Å². The van der Waals surface area contributed by atoms with Crippen LogP contribution < -0.4 is 0 Å². The summed E-state index contributed by atoms with van der Waals surface area (Å²) in [5, 5.41) is 8.99. The number of rotatable bonds is 4. The first kappa shape index (κ1) is 16.7. The zero-order valence-corrected chi connectivity index (χ0v) is 13.9. The molecule has 6 heteroatoms. The van der Waals surface area contributed by atoms with Crippen LogP contribution in [0.1, 0.15) is 27.3 Å². The number of hydrogen-bond donors (Lipinski definition) is 0. The molecule has 118 valence electrons. The summed E-state index contributed by atoms with van der Waals surface area (Å²) in [5.74, 6) is -0.230. The lowest BCUT2D eigenvalue weighted by Gasteiger charge is -2.00. The first-order chi connectivity index (χ1) is 10.7. The fraction of sp³-hybridized carbons (Fsp3) is 0.176. The molecule has 1 aromatic carbocycles. The summed E-state index contributed by atoms with van der Waals surface area (Å²) in [7, 11) is -1.49. The van der Waals surface area contributed by atoms with Crippen LogP contribution in [-0.2, 0) is 16.9 Å². The Balaban J connectivity index is 2.24. The molecule has 0 saturated heterocycles. The number of carbonyl (C=O) groups is 1. The fourth-order valence-electron chi connectivity index (χ4n) is 2.13. The van der Waals surface area contributed by atoms with Gasteiger partial charge in [0.1, 0.15) is 11.8 Å². The molecule has 5 nitrogen and oxygen atoms in total. The molecule has 1 aromatic heterocycles. The topological polar surface area (TPSA) is 79.9 Å². The van der Waals surface area contributed by atoms with Crippen molar-refractivity contribution in [1.82, 2.24) is 4.57 Å². The molecule has 0 aliphatic carbocycles. The van der Waals surface area contributed by atoms with Gasteiger partial charge in [-0.15, -0.1) is 0 Å². The predicted octanol–water partition coefficient (Wildman–Crippen LogP) is 2.50. The highest BCUT2D eigenvalue weighted by atomic mass is 32.2. The highest BCUT2D eigenvalue weighted by Gasteiger charge is 2.09. The van der Waals surface area contributed by atoms with Gasteiger partial charge in [0.25, 0.3) is 0 Å². The molecule has 0 bridgehead atoms. The summed E-state index contributed by atoms with van der Waals surface area (Å²) in [5.41, 5.74) is 2.61. The molecular formula is C17H16N2O3S. The van der Waals surface area contributed by atoms with Gasteiger partial charge in [0, 0.05) is 24.6 Å². The van der Waals surface area contributed by atoms with Crippen molar-refractivity contribution in [2.45, 2.75) is 11.8 Å². The maximum absolute atomic E-state index is 12.1. The van der Waals surface area contributed by atoms with Crippen LogP contribution >= 0.6 is 0 Å². The molecule has 1 heterocycles. The highest BCUT2D eigenvalue weighted by Crippen LogP contribution is 2.16. The monoisotopic (exact) mass is 328 g/mol. The summed E-state index contributed by atoms with van der Waals surface area (Å²) in [6.07, 6.45) is 4.19. The van der Waals surface area contributed by atoms with Crippen molar-refractivity contribution in [1.29, 1.82) is 5.26 Å². The van der Waals surface area contributed by atoms with E-state index in [2.05, 4.69) is 6.07 Å². The first-order valence-corrected chi connectivity index (χ1v) is 8.72. The first-order valence-electron chi connectivity index (χ1n) is 6.83. The average molecular weight is 328 g/mol. The van der Waals surface area contributed by atoms with Crippen LogP contribution in [0.5, 0.6) is 0 Å². The third-order valence-electron chi connectivity index (χ3n) is 3.67. The van der Waals surface area contributed by atoms with E-state index in [-0.39, 0.29) is 10.7 Å². The predicted molar refractivity (Wildman–Crippen MR) is 87.8 cm³/mol. The number of sulfone groups is 1. The second-order valence-corrected chi connectivity index (χ2v) is 7.25. The van der Waals surface area contributed by atoms with Crippen molar-refractivity contribution in [2.75, 3.05) is 6.26 Å². The van der Waals surface area contributed by atoms with E-state index in [0.717, 1.165) is 17.5 Å². The van der Waals surface area contributed by atoms with E-state index < -0.39 is 9.84 Å². The fourth-order valence-corrected chi connectivity index (χ4v) is 2.76. The van der Waals surface area contributed by atoms with Gasteiger partial charge in [-0.2, -0.15) is 5.26 Å². The van der Waals surface area contributed by atoms with Crippen molar-refractivity contribution in [3.05, 3.63) is 58.9 Å². The molecule has 0 saturated carbocycles. The summed E-state index contributed by atoms with van der Waals surface area (Å²) >= 11 is 0. The van der Waals surface area contributed by atoms with E-state index in [9.17, 15) is 13.2 Å². The molecule has 0 aliphatic heterocycles. The quantitative estimate of drug-likeness (QED) is 0.638. The van der Waals surface area contributed by atoms with E-state index in [1.165, 1.54) is 30.3 Å². The standard InChI is InChI=1S/C17H16N2O3S/c1-12-14(10-15(11-18)19(12)2)6-9-17(20)13-4-7-16(8-5-13)23(3,21)22/h4-10H,1-3H3/b9-6+. The SMILES string of the molecule is Cc1c(/C=C/C(=O)c2ccc(S(C)(=O)=O)cc2)cc(C#N)n1C. The van der Waals surface area contributed by atoms with Gasteiger partial charge in [0.05, 0.1) is 4.90 Å². The largest absolute Gasteiger partial charge is 0.339 e. The third-order valence-corrected chi connectivity index (χ3v) is 4.80. The van der Waals surface area contributed by atoms with Crippen LogP contribution in [0.2, 0.25) is 0 Å². The molecule has 0 N–H and O–H groups in total. The summed E-state index contributed by atoms with van der Waals surface area (Å²) in [4.78, 5) is 12.3. The number of ketones is 1. The molecule has 0 amide bonds. The minimum Gasteiger partial charge on any atom is -0.339 e. The Kier molecular flexibility index (Phi) is 4.52. The summed E-state index contributed by atoms with van der Waals surface area (Å²) in [6, 6.07) is 9.60. The molecule has 2 rings (SSSR count). The van der Waals surface area contributed by atoms with Gasteiger partial charge in [-0.1, -0.05) is 0 Å². The van der Waals surface area contributed by atoms with Gasteiger partial charge < -0.3 is 4.57 Å². The number of aromatic nitrogens is 1. The molecule has 0 spiro atoms.